The third kappa shape index (κ3) is 20.1. The minimum absolute atomic E-state index is 0.0718. The van der Waals surface area contributed by atoms with Gasteiger partial charge in [-0.1, -0.05) is 39.3 Å². The van der Waals surface area contributed by atoms with Crippen LogP contribution in [0.2, 0.25) is 0 Å². The van der Waals surface area contributed by atoms with Gasteiger partial charge in [0.1, 0.15) is 5.75 Å². The number of anilines is 1. The summed E-state index contributed by atoms with van der Waals surface area (Å²) < 4.78 is 13.8. The summed E-state index contributed by atoms with van der Waals surface area (Å²) in [7, 11) is 0. The molecule has 0 saturated heterocycles. The van der Waals surface area contributed by atoms with Crippen molar-refractivity contribution in [3.8, 4) is 5.75 Å². The zero-order valence-electron chi connectivity index (χ0n) is 16.2. The van der Waals surface area contributed by atoms with E-state index in [1.807, 2.05) is 27.7 Å². The lowest BCUT2D eigenvalue weighted by molar-refractivity contribution is -0.114. The number of amides is 1. The predicted molar refractivity (Wildman–Crippen MR) is 108 cm³/mol. The second-order valence-corrected chi connectivity index (χ2v) is 4.24. The standard InChI is InChI=1S/C11H13NO4.C3H4Cl2O.2C2H6/c1-3-15-11(14)16-10-6-4-9(5-7-10)12-8(2)13;1-3(5)6-2-4;2*1-2/h4-7H,3H2,1-2H3,(H,12,13);1-2H2;2*1-2H3. The van der Waals surface area contributed by atoms with Gasteiger partial charge in [-0.2, -0.15) is 0 Å². The number of carbonyl (C=O) groups is 2. The van der Waals surface area contributed by atoms with Crippen LogP contribution in [0.5, 0.6) is 5.75 Å². The second-order valence-electron chi connectivity index (χ2n) is 3.60. The number of carbonyl (C=O) groups excluding carboxylic acids is 2. The van der Waals surface area contributed by atoms with Crippen LogP contribution in [-0.2, 0) is 14.3 Å². The summed E-state index contributed by atoms with van der Waals surface area (Å²) in [4.78, 5) is 21.7. The highest BCUT2D eigenvalue weighted by molar-refractivity contribution is 6.28. The first-order valence-electron chi connectivity index (χ1n) is 8.14. The van der Waals surface area contributed by atoms with Crippen molar-refractivity contribution in [2.24, 2.45) is 0 Å². The molecule has 1 aromatic rings. The molecule has 8 heteroatoms. The first-order chi connectivity index (χ1) is 12.4. The van der Waals surface area contributed by atoms with Gasteiger partial charge in [0, 0.05) is 12.6 Å². The molecule has 0 aliphatic carbocycles. The van der Waals surface area contributed by atoms with Gasteiger partial charge in [0.2, 0.25) is 5.91 Å². The number of alkyl halides is 1. The van der Waals surface area contributed by atoms with E-state index in [9.17, 15) is 9.59 Å². The van der Waals surface area contributed by atoms with Crippen molar-refractivity contribution in [3.05, 3.63) is 36.1 Å². The largest absolute Gasteiger partial charge is 0.513 e. The first kappa shape index (κ1) is 28.9. The Kier molecular flexibility index (Phi) is 23.5. The molecule has 0 aromatic heterocycles. The van der Waals surface area contributed by atoms with Crippen LogP contribution in [-0.4, -0.2) is 24.7 Å². The van der Waals surface area contributed by atoms with Gasteiger partial charge in [0.25, 0.3) is 0 Å². The molecule has 0 unspecified atom stereocenters. The van der Waals surface area contributed by atoms with E-state index >= 15 is 0 Å². The van der Waals surface area contributed by atoms with E-state index in [4.69, 9.17) is 27.9 Å². The van der Waals surface area contributed by atoms with Gasteiger partial charge < -0.3 is 19.5 Å². The monoisotopic (exact) mass is 409 g/mol. The molecule has 26 heavy (non-hydrogen) atoms. The van der Waals surface area contributed by atoms with Crippen molar-refractivity contribution in [3.63, 3.8) is 0 Å². The fourth-order valence-electron chi connectivity index (χ4n) is 1.11. The van der Waals surface area contributed by atoms with Gasteiger partial charge in [0.15, 0.2) is 11.3 Å². The Bertz CT molecular complexity index is 493. The normalized spacial score (nSPS) is 8.00. The molecular formula is C18H29Cl2NO5. The maximum Gasteiger partial charge on any atom is 0.513 e. The van der Waals surface area contributed by atoms with Gasteiger partial charge in [-0.05, 0) is 49.4 Å². The molecule has 0 aliphatic rings. The van der Waals surface area contributed by atoms with Crippen LogP contribution in [0.15, 0.2) is 36.1 Å². The summed E-state index contributed by atoms with van der Waals surface area (Å²) in [6, 6.07) is 6.48. The number of hydrogen-bond donors (Lipinski definition) is 1. The smallest absolute Gasteiger partial charge is 0.468 e. The van der Waals surface area contributed by atoms with Crippen LogP contribution >= 0.6 is 23.2 Å². The molecule has 0 heterocycles. The summed E-state index contributed by atoms with van der Waals surface area (Å²) in [5.74, 6) is 0.214. The van der Waals surface area contributed by atoms with E-state index < -0.39 is 6.16 Å². The van der Waals surface area contributed by atoms with Crippen LogP contribution in [0.25, 0.3) is 0 Å². The minimum Gasteiger partial charge on any atom is -0.468 e. The third-order valence-corrected chi connectivity index (χ3v) is 2.07. The fourth-order valence-corrected chi connectivity index (χ4v) is 1.35. The lowest BCUT2D eigenvalue weighted by Gasteiger charge is -2.05. The number of nitrogens with one attached hydrogen (secondary N) is 1. The van der Waals surface area contributed by atoms with Gasteiger partial charge in [-0.3, -0.25) is 4.79 Å². The average Bonchev–Trinajstić information content (AvgIpc) is 2.60. The highest BCUT2D eigenvalue weighted by Crippen LogP contribution is 2.16. The Hall–Kier alpha value is -1.92. The highest BCUT2D eigenvalue weighted by Gasteiger charge is 2.04. The molecule has 0 saturated carbocycles. The van der Waals surface area contributed by atoms with Crippen molar-refractivity contribution in [1.82, 2.24) is 0 Å². The Morgan fingerprint density at radius 2 is 1.58 bits per heavy atom. The Morgan fingerprint density at radius 3 is 1.88 bits per heavy atom. The SMILES string of the molecule is C=C(Cl)OCCl.CC.CC.CCOC(=O)Oc1ccc(NC(C)=O)cc1. The van der Waals surface area contributed by atoms with Crippen molar-refractivity contribution in [1.29, 1.82) is 0 Å². The van der Waals surface area contributed by atoms with Crippen molar-refractivity contribution >= 4 is 41.0 Å². The molecule has 0 bridgehead atoms. The van der Waals surface area contributed by atoms with Gasteiger partial charge in [-0.15, -0.1) is 0 Å². The third-order valence-electron chi connectivity index (χ3n) is 1.85. The van der Waals surface area contributed by atoms with E-state index in [1.54, 1.807) is 31.2 Å². The first-order valence-corrected chi connectivity index (χ1v) is 9.05. The predicted octanol–water partition coefficient (Wildman–Crippen LogP) is 6.14. The van der Waals surface area contributed by atoms with Gasteiger partial charge in [-0.25, -0.2) is 4.79 Å². The molecule has 1 rings (SSSR count). The summed E-state index contributed by atoms with van der Waals surface area (Å²) in [5.41, 5.74) is 0.642. The molecule has 0 aliphatic heterocycles. The molecule has 150 valence electrons. The molecule has 0 spiro atoms. The molecular weight excluding hydrogens is 381 g/mol. The van der Waals surface area contributed by atoms with Crippen molar-refractivity contribution in [2.75, 3.05) is 18.0 Å². The molecule has 6 nitrogen and oxygen atoms in total. The number of ether oxygens (including phenoxy) is 3. The van der Waals surface area contributed by atoms with Gasteiger partial charge in [0.05, 0.1) is 6.61 Å². The van der Waals surface area contributed by atoms with Crippen LogP contribution in [0.1, 0.15) is 41.5 Å². The van der Waals surface area contributed by atoms with Crippen LogP contribution in [0.3, 0.4) is 0 Å². The molecule has 1 N–H and O–H groups in total. The van der Waals surface area contributed by atoms with Crippen molar-refractivity contribution < 1.29 is 23.8 Å². The average molecular weight is 410 g/mol. The van der Waals surface area contributed by atoms with Gasteiger partial charge >= 0.3 is 6.16 Å². The maximum absolute atomic E-state index is 11.0. The lowest BCUT2D eigenvalue weighted by atomic mass is 10.3. The Morgan fingerprint density at radius 1 is 1.08 bits per heavy atom. The van der Waals surface area contributed by atoms with Crippen LogP contribution in [0, 0.1) is 0 Å². The van der Waals surface area contributed by atoms with E-state index in [0.717, 1.165) is 0 Å². The second kappa shape index (κ2) is 21.1. The number of hydrogen-bond acceptors (Lipinski definition) is 5. The van der Waals surface area contributed by atoms with E-state index in [2.05, 4.69) is 21.4 Å². The molecule has 1 aromatic carbocycles. The van der Waals surface area contributed by atoms with E-state index in [1.165, 1.54) is 6.92 Å². The maximum atomic E-state index is 11.0. The Labute approximate surface area is 166 Å². The summed E-state index contributed by atoms with van der Waals surface area (Å²) in [6.07, 6.45) is -0.741. The topological polar surface area (TPSA) is 73.9 Å². The molecule has 1 amide bonds. The number of rotatable bonds is 5. The highest BCUT2D eigenvalue weighted by atomic mass is 35.5. The van der Waals surface area contributed by atoms with Crippen molar-refractivity contribution in [2.45, 2.75) is 41.5 Å². The van der Waals surface area contributed by atoms with E-state index in [-0.39, 0.29) is 23.8 Å². The molecule has 0 atom stereocenters. The molecule has 0 fully saturated rings. The molecule has 0 radical (unpaired) electrons. The van der Waals surface area contributed by atoms with Crippen LogP contribution in [0.4, 0.5) is 10.5 Å². The summed E-state index contributed by atoms with van der Waals surface area (Å²) in [5, 5.41) is 2.73. The van der Waals surface area contributed by atoms with Crippen LogP contribution < -0.4 is 10.1 Å². The summed E-state index contributed by atoms with van der Waals surface area (Å²) in [6.45, 7) is 14.6. The Balaban J connectivity index is -0.000000445. The number of halogens is 2. The number of benzene rings is 1. The fraction of sp³-hybridized carbons (Fsp3) is 0.444. The zero-order valence-corrected chi connectivity index (χ0v) is 17.7. The zero-order chi connectivity index (χ0) is 21.0. The minimum atomic E-state index is -0.741. The van der Waals surface area contributed by atoms with E-state index in [0.29, 0.717) is 11.4 Å². The quantitative estimate of drug-likeness (QED) is 0.273. The summed E-state index contributed by atoms with van der Waals surface area (Å²) >= 11 is 10.1. The lowest BCUT2D eigenvalue weighted by Crippen LogP contribution is -2.10.